The monoisotopic (exact) mass is 362 g/mol. The van der Waals surface area contributed by atoms with Crippen LogP contribution < -0.4 is 0 Å². The summed E-state index contributed by atoms with van der Waals surface area (Å²) in [6, 6.07) is 6.61. The second-order valence-corrected chi connectivity index (χ2v) is 7.39. The van der Waals surface area contributed by atoms with Crippen molar-refractivity contribution in [2.45, 2.75) is 26.7 Å². The van der Waals surface area contributed by atoms with Crippen molar-refractivity contribution in [3.8, 4) is 0 Å². The molecule has 1 aromatic carbocycles. The van der Waals surface area contributed by atoms with Crippen LogP contribution in [-0.4, -0.2) is 51.6 Å². The first-order valence-electron chi connectivity index (χ1n) is 9.12. The molecule has 26 heavy (non-hydrogen) atoms. The lowest BCUT2D eigenvalue weighted by Gasteiger charge is -2.40. The molecule has 2 aliphatic rings. The van der Waals surface area contributed by atoms with Gasteiger partial charge in [-0.05, 0) is 25.0 Å². The predicted molar refractivity (Wildman–Crippen MR) is 94.1 cm³/mol. The number of ether oxygens (including phenoxy) is 4. The van der Waals surface area contributed by atoms with Crippen LogP contribution in [0.2, 0.25) is 0 Å². The van der Waals surface area contributed by atoms with Crippen LogP contribution in [0.15, 0.2) is 24.3 Å². The summed E-state index contributed by atoms with van der Waals surface area (Å²) >= 11 is 0. The molecule has 2 fully saturated rings. The summed E-state index contributed by atoms with van der Waals surface area (Å²) in [6.07, 6.45) is 1.76. The summed E-state index contributed by atoms with van der Waals surface area (Å²) in [4.78, 5) is 25.0. The largest absolute Gasteiger partial charge is 0.461 e. The zero-order chi connectivity index (χ0) is 18.6. The number of rotatable bonds is 8. The highest BCUT2D eigenvalue weighted by atomic mass is 16.6. The highest BCUT2D eigenvalue weighted by molar-refractivity contribution is 6.03. The number of hydrogen-bond donors (Lipinski definition) is 0. The molecule has 0 atom stereocenters. The zero-order valence-electron chi connectivity index (χ0n) is 15.4. The molecule has 0 radical (unpaired) electrons. The van der Waals surface area contributed by atoms with Crippen molar-refractivity contribution in [1.82, 2.24) is 0 Å². The van der Waals surface area contributed by atoms with E-state index in [1.165, 1.54) is 0 Å². The molecule has 2 aliphatic heterocycles. The lowest BCUT2D eigenvalue weighted by molar-refractivity contribution is -0.140. The standard InChI is InChI=1S/C20H26O6/c1-3-19(9-23-10-19)13-25-17(21)15-7-5-6-8-16(15)18(22)26-14-20(4-2)11-24-12-20/h5-8H,3-4,9-14H2,1-2H3. The Bertz CT molecular complexity index is 592. The van der Waals surface area contributed by atoms with Gasteiger partial charge in [0.25, 0.3) is 0 Å². The van der Waals surface area contributed by atoms with E-state index in [0.717, 1.165) is 12.8 Å². The van der Waals surface area contributed by atoms with Crippen LogP contribution in [0.25, 0.3) is 0 Å². The maximum atomic E-state index is 12.5. The van der Waals surface area contributed by atoms with E-state index in [4.69, 9.17) is 18.9 Å². The summed E-state index contributed by atoms with van der Waals surface area (Å²) in [6.45, 7) is 7.08. The molecule has 0 aromatic heterocycles. The fourth-order valence-electron chi connectivity index (χ4n) is 2.99. The maximum Gasteiger partial charge on any atom is 0.339 e. The molecule has 2 heterocycles. The van der Waals surface area contributed by atoms with Gasteiger partial charge in [-0.2, -0.15) is 0 Å². The molecule has 6 heteroatoms. The third-order valence-electron chi connectivity index (χ3n) is 5.52. The van der Waals surface area contributed by atoms with E-state index in [2.05, 4.69) is 13.8 Å². The lowest BCUT2D eigenvalue weighted by atomic mass is 9.84. The lowest BCUT2D eigenvalue weighted by Crippen LogP contribution is -2.46. The Labute approximate surface area is 153 Å². The van der Waals surface area contributed by atoms with E-state index in [9.17, 15) is 9.59 Å². The third kappa shape index (κ3) is 3.76. The molecule has 2 saturated heterocycles. The molecule has 3 rings (SSSR count). The van der Waals surface area contributed by atoms with Crippen molar-refractivity contribution in [2.75, 3.05) is 39.6 Å². The van der Waals surface area contributed by atoms with Crippen LogP contribution in [0.1, 0.15) is 47.4 Å². The number of carbonyl (C=O) groups is 2. The first-order valence-corrected chi connectivity index (χ1v) is 9.12. The van der Waals surface area contributed by atoms with E-state index < -0.39 is 11.9 Å². The quantitative estimate of drug-likeness (QED) is 0.662. The second-order valence-electron chi connectivity index (χ2n) is 7.39. The van der Waals surface area contributed by atoms with Crippen molar-refractivity contribution in [3.63, 3.8) is 0 Å². The normalized spacial score (nSPS) is 19.8. The van der Waals surface area contributed by atoms with Gasteiger partial charge in [-0.25, -0.2) is 9.59 Å². The number of hydrogen-bond acceptors (Lipinski definition) is 6. The molecule has 142 valence electrons. The Kier molecular flexibility index (Phi) is 5.63. The first kappa shape index (κ1) is 18.9. The van der Waals surface area contributed by atoms with E-state index >= 15 is 0 Å². The Morgan fingerprint density at radius 1 is 0.846 bits per heavy atom. The highest BCUT2D eigenvalue weighted by Gasteiger charge is 2.39. The number of benzene rings is 1. The zero-order valence-corrected chi connectivity index (χ0v) is 15.4. The molecule has 6 nitrogen and oxygen atoms in total. The van der Waals surface area contributed by atoms with Gasteiger partial charge in [0.15, 0.2) is 0 Å². The summed E-state index contributed by atoms with van der Waals surface area (Å²) in [7, 11) is 0. The summed E-state index contributed by atoms with van der Waals surface area (Å²) in [5.74, 6) is -1.01. The minimum atomic E-state index is -0.505. The summed E-state index contributed by atoms with van der Waals surface area (Å²) in [5.41, 5.74) is 0.282. The molecule has 0 unspecified atom stereocenters. The van der Waals surface area contributed by atoms with Gasteiger partial charge in [0.1, 0.15) is 13.2 Å². The minimum absolute atomic E-state index is 0.0944. The predicted octanol–water partition coefficient (Wildman–Crippen LogP) is 2.85. The van der Waals surface area contributed by atoms with Crippen molar-refractivity contribution in [2.24, 2.45) is 10.8 Å². The molecule has 0 amide bonds. The number of carbonyl (C=O) groups excluding carboxylic acids is 2. The van der Waals surface area contributed by atoms with Crippen molar-refractivity contribution >= 4 is 11.9 Å². The van der Waals surface area contributed by atoms with Crippen LogP contribution >= 0.6 is 0 Å². The smallest absolute Gasteiger partial charge is 0.339 e. The fraction of sp³-hybridized carbons (Fsp3) is 0.600. The highest BCUT2D eigenvalue weighted by Crippen LogP contribution is 2.33. The van der Waals surface area contributed by atoms with Crippen LogP contribution in [0.3, 0.4) is 0 Å². The van der Waals surface area contributed by atoms with Gasteiger partial charge in [0.2, 0.25) is 0 Å². The molecular weight excluding hydrogens is 336 g/mol. The molecule has 1 aromatic rings. The van der Waals surface area contributed by atoms with Gasteiger partial charge in [0.05, 0.1) is 48.4 Å². The SMILES string of the molecule is CCC1(COC(=O)c2ccccc2C(=O)OCC2(CC)COC2)COC1. The van der Waals surface area contributed by atoms with Crippen molar-refractivity contribution in [1.29, 1.82) is 0 Å². The average Bonchev–Trinajstić information content (AvgIpc) is 2.60. The molecule has 0 saturated carbocycles. The molecule has 0 N–H and O–H groups in total. The molecule has 0 spiro atoms. The Hall–Kier alpha value is -1.92. The number of esters is 2. The molecule has 0 bridgehead atoms. The van der Waals surface area contributed by atoms with Crippen LogP contribution in [0.4, 0.5) is 0 Å². The Balaban J connectivity index is 1.63. The molecule has 0 aliphatic carbocycles. The Morgan fingerprint density at radius 2 is 1.23 bits per heavy atom. The second kappa shape index (κ2) is 7.76. The van der Waals surface area contributed by atoms with Gasteiger partial charge in [-0.3, -0.25) is 0 Å². The summed E-state index contributed by atoms with van der Waals surface area (Å²) < 4.78 is 21.4. The van der Waals surface area contributed by atoms with Gasteiger partial charge in [-0.15, -0.1) is 0 Å². The van der Waals surface area contributed by atoms with Gasteiger partial charge in [0, 0.05) is 0 Å². The molecular formula is C20H26O6. The van der Waals surface area contributed by atoms with E-state index in [1.807, 2.05) is 0 Å². The van der Waals surface area contributed by atoms with Crippen LogP contribution in [0, 0.1) is 10.8 Å². The average molecular weight is 362 g/mol. The van der Waals surface area contributed by atoms with Gasteiger partial charge < -0.3 is 18.9 Å². The fourth-order valence-corrected chi connectivity index (χ4v) is 2.99. The van der Waals surface area contributed by atoms with Crippen LogP contribution in [0.5, 0.6) is 0 Å². The maximum absolute atomic E-state index is 12.5. The Morgan fingerprint density at radius 3 is 1.50 bits per heavy atom. The topological polar surface area (TPSA) is 71.1 Å². The van der Waals surface area contributed by atoms with E-state index in [-0.39, 0.29) is 22.0 Å². The van der Waals surface area contributed by atoms with Crippen LogP contribution in [-0.2, 0) is 18.9 Å². The third-order valence-corrected chi connectivity index (χ3v) is 5.52. The van der Waals surface area contributed by atoms with Crippen molar-refractivity contribution < 1.29 is 28.5 Å². The van der Waals surface area contributed by atoms with Gasteiger partial charge in [-0.1, -0.05) is 26.0 Å². The summed E-state index contributed by atoms with van der Waals surface area (Å²) in [5, 5.41) is 0. The minimum Gasteiger partial charge on any atom is -0.461 e. The van der Waals surface area contributed by atoms with Gasteiger partial charge >= 0.3 is 11.9 Å². The first-order chi connectivity index (χ1) is 12.5. The van der Waals surface area contributed by atoms with E-state index in [0.29, 0.717) is 39.6 Å². The van der Waals surface area contributed by atoms with Crippen molar-refractivity contribution in [3.05, 3.63) is 35.4 Å². The van der Waals surface area contributed by atoms with E-state index in [1.54, 1.807) is 24.3 Å².